The molecule has 1 aromatic rings. The fourth-order valence-electron chi connectivity index (χ4n) is 1.11. The van der Waals surface area contributed by atoms with Crippen LogP contribution in [0.4, 0.5) is 0 Å². The average Bonchev–Trinajstić information content (AvgIpc) is 2.16. The lowest BCUT2D eigenvalue weighted by molar-refractivity contribution is 0.647. The van der Waals surface area contributed by atoms with Crippen molar-refractivity contribution < 1.29 is 0 Å². The molecule has 1 rings (SSSR count). The molecule has 0 fully saturated rings. The highest BCUT2D eigenvalue weighted by atomic mass is 32.2. The van der Waals surface area contributed by atoms with Crippen molar-refractivity contribution in [3.05, 3.63) is 30.1 Å². The molecule has 0 radical (unpaired) electrons. The highest BCUT2D eigenvalue weighted by Gasteiger charge is 2.03. The van der Waals surface area contributed by atoms with Crippen molar-refractivity contribution in [2.24, 2.45) is 5.92 Å². The molecule has 0 amide bonds. The van der Waals surface area contributed by atoms with Crippen LogP contribution in [0.25, 0.3) is 0 Å². The zero-order chi connectivity index (χ0) is 9.52. The Bertz CT molecular complexity index is 279. The van der Waals surface area contributed by atoms with Gasteiger partial charge in [-0.2, -0.15) is 5.26 Å². The van der Waals surface area contributed by atoms with Gasteiger partial charge < -0.3 is 0 Å². The summed E-state index contributed by atoms with van der Waals surface area (Å²) < 4.78 is 0. The van der Waals surface area contributed by atoms with Crippen molar-refractivity contribution >= 4 is 11.8 Å². The second-order valence-electron chi connectivity index (χ2n) is 3.03. The van der Waals surface area contributed by atoms with Crippen LogP contribution < -0.4 is 0 Å². The van der Waals surface area contributed by atoms with Crippen molar-refractivity contribution in [2.75, 3.05) is 5.75 Å². The highest BCUT2D eigenvalue weighted by Crippen LogP contribution is 2.11. The summed E-state index contributed by atoms with van der Waals surface area (Å²) in [5, 5.41) is 10.5. The Balaban J connectivity index is 2.37. The monoisotopic (exact) mass is 192 g/mol. The fraction of sp³-hybridized carbons (Fsp3) is 0.400. The van der Waals surface area contributed by atoms with Crippen LogP contribution in [0.2, 0.25) is 0 Å². The van der Waals surface area contributed by atoms with Crippen LogP contribution in [0.15, 0.2) is 24.4 Å². The molecule has 0 N–H and O–H groups in total. The summed E-state index contributed by atoms with van der Waals surface area (Å²) in [4.78, 5) is 4.23. The first-order valence-corrected chi connectivity index (χ1v) is 5.22. The van der Waals surface area contributed by atoms with Gasteiger partial charge in [-0.1, -0.05) is 13.0 Å². The lowest BCUT2D eigenvalue weighted by Gasteiger charge is -2.06. The van der Waals surface area contributed by atoms with Gasteiger partial charge in [-0.3, -0.25) is 4.98 Å². The molecule has 1 heterocycles. The molecule has 2 nitrogen and oxygen atoms in total. The predicted octanol–water partition coefficient (Wildman–Crippen LogP) is 2.47. The molecule has 0 spiro atoms. The Hall–Kier alpha value is -1.01. The van der Waals surface area contributed by atoms with E-state index in [1.165, 1.54) is 11.8 Å². The number of nitriles is 1. The first-order valence-electron chi connectivity index (χ1n) is 4.23. The highest BCUT2D eigenvalue weighted by molar-refractivity contribution is 8.03. The zero-order valence-electron chi connectivity index (χ0n) is 7.60. The second kappa shape index (κ2) is 5.60. The maximum Gasteiger partial charge on any atom is 0.133 e. The molecule has 0 aromatic carbocycles. The minimum atomic E-state index is 0.513. The molecule has 0 aliphatic rings. The lowest BCUT2D eigenvalue weighted by Crippen LogP contribution is -2.03. The topological polar surface area (TPSA) is 36.7 Å². The van der Waals surface area contributed by atoms with Gasteiger partial charge in [-0.25, -0.2) is 0 Å². The van der Waals surface area contributed by atoms with E-state index in [1.54, 1.807) is 6.20 Å². The number of thiocyanates is 1. The van der Waals surface area contributed by atoms with Gasteiger partial charge in [0.1, 0.15) is 5.40 Å². The average molecular weight is 192 g/mol. The molecule has 3 heteroatoms. The Kier molecular flexibility index (Phi) is 4.34. The number of nitrogens with zero attached hydrogens (tertiary/aromatic N) is 2. The van der Waals surface area contributed by atoms with E-state index in [-0.39, 0.29) is 0 Å². The summed E-state index contributed by atoms with van der Waals surface area (Å²) in [6.45, 7) is 2.14. The first kappa shape index (κ1) is 10.1. The summed E-state index contributed by atoms with van der Waals surface area (Å²) >= 11 is 1.31. The number of pyridine rings is 1. The first-order chi connectivity index (χ1) is 6.33. The Morgan fingerprint density at radius 1 is 1.62 bits per heavy atom. The molecule has 0 saturated carbocycles. The molecule has 68 valence electrons. The maximum atomic E-state index is 8.38. The van der Waals surface area contributed by atoms with Gasteiger partial charge in [0.25, 0.3) is 0 Å². The summed E-state index contributed by atoms with van der Waals surface area (Å²) in [7, 11) is 0. The largest absolute Gasteiger partial charge is 0.261 e. The third kappa shape index (κ3) is 3.95. The Morgan fingerprint density at radius 3 is 3.08 bits per heavy atom. The number of hydrogen-bond acceptors (Lipinski definition) is 3. The fourth-order valence-corrected chi connectivity index (χ4v) is 1.59. The number of thioether (sulfide) groups is 1. The summed E-state index contributed by atoms with van der Waals surface area (Å²) in [6, 6.07) is 5.93. The van der Waals surface area contributed by atoms with Crippen molar-refractivity contribution in [3.8, 4) is 5.40 Å². The molecule has 0 aliphatic heterocycles. The van der Waals surface area contributed by atoms with Crippen LogP contribution in [0, 0.1) is 16.6 Å². The van der Waals surface area contributed by atoms with E-state index in [4.69, 9.17) is 5.26 Å². The predicted molar refractivity (Wildman–Crippen MR) is 55.2 cm³/mol. The molecule has 13 heavy (non-hydrogen) atoms. The van der Waals surface area contributed by atoms with Crippen molar-refractivity contribution in [1.82, 2.24) is 4.98 Å². The summed E-state index contributed by atoms with van der Waals surface area (Å²) in [5.74, 6) is 1.40. The van der Waals surface area contributed by atoms with Gasteiger partial charge in [0.05, 0.1) is 0 Å². The van der Waals surface area contributed by atoms with E-state index in [0.29, 0.717) is 5.92 Å². The van der Waals surface area contributed by atoms with Gasteiger partial charge in [0, 0.05) is 17.6 Å². The van der Waals surface area contributed by atoms with Gasteiger partial charge in [-0.05, 0) is 36.2 Å². The van der Waals surface area contributed by atoms with Gasteiger partial charge in [0.2, 0.25) is 0 Å². The molecule has 1 unspecified atom stereocenters. The van der Waals surface area contributed by atoms with E-state index in [0.717, 1.165) is 17.9 Å². The summed E-state index contributed by atoms with van der Waals surface area (Å²) in [6.07, 6.45) is 2.76. The van der Waals surface area contributed by atoms with E-state index < -0.39 is 0 Å². The molecular weight excluding hydrogens is 180 g/mol. The molecule has 0 aliphatic carbocycles. The van der Waals surface area contributed by atoms with Crippen molar-refractivity contribution in [3.63, 3.8) is 0 Å². The van der Waals surface area contributed by atoms with E-state index in [9.17, 15) is 0 Å². The number of hydrogen-bond donors (Lipinski definition) is 0. The minimum Gasteiger partial charge on any atom is -0.261 e. The van der Waals surface area contributed by atoms with E-state index in [2.05, 4.69) is 17.3 Å². The zero-order valence-corrected chi connectivity index (χ0v) is 8.42. The van der Waals surface area contributed by atoms with E-state index >= 15 is 0 Å². The van der Waals surface area contributed by atoms with Crippen LogP contribution in [-0.4, -0.2) is 10.7 Å². The van der Waals surface area contributed by atoms with Crippen LogP contribution in [0.1, 0.15) is 12.6 Å². The Morgan fingerprint density at radius 2 is 2.46 bits per heavy atom. The third-order valence-electron chi connectivity index (χ3n) is 1.72. The quantitative estimate of drug-likeness (QED) is 0.688. The van der Waals surface area contributed by atoms with Gasteiger partial charge in [-0.15, -0.1) is 0 Å². The molecule has 1 aromatic heterocycles. The van der Waals surface area contributed by atoms with Crippen molar-refractivity contribution in [1.29, 1.82) is 5.26 Å². The second-order valence-corrected chi connectivity index (χ2v) is 3.84. The molecule has 0 bridgehead atoms. The van der Waals surface area contributed by atoms with Gasteiger partial charge >= 0.3 is 0 Å². The number of aromatic nitrogens is 1. The molecular formula is C10H12N2S. The smallest absolute Gasteiger partial charge is 0.133 e. The van der Waals surface area contributed by atoms with Crippen molar-refractivity contribution in [2.45, 2.75) is 13.3 Å². The third-order valence-corrected chi connectivity index (χ3v) is 2.58. The van der Waals surface area contributed by atoms with Crippen LogP contribution in [-0.2, 0) is 6.42 Å². The van der Waals surface area contributed by atoms with Crippen LogP contribution in [0.3, 0.4) is 0 Å². The summed E-state index contributed by atoms with van der Waals surface area (Å²) in [5.41, 5.74) is 1.11. The van der Waals surface area contributed by atoms with E-state index in [1.807, 2.05) is 18.2 Å². The van der Waals surface area contributed by atoms with Crippen LogP contribution >= 0.6 is 11.8 Å². The lowest BCUT2D eigenvalue weighted by atomic mass is 10.1. The molecule has 1 atom stereocenters. The molecule has 0 saturated heterocycles. The van der Waals surface area contributed by atoms with Gasteiger partial charge in [0.15, 0.2) is 0 Å². The maximum absolute atomic E-state index is 8.38. The standard InChI is InChI=1S/C10H12N2S/c1-9(7-13-8-11)6-10-4-2-3-5-12-10/h2-5,9H,6-7H2,1H3. The minimum absolute atomic E-state index is 0.513. The Labute approximate surface area is 83.0 Å². The number of rotatable bonds is 4. The van der Waals surface area contributed by atoms with Crippen LogP contribution in [0.5, 0.6) is 0 Å². The normalized spacial score (nSPS) is 12.0. The SMILES string of the molecule is CC(CSC#N)Cc1ccccn1.